The second-order valence-corrected chi connectivity index (χ2v) is 27.7. The van der Waals surface area contributed by atoms with Crippen molar-refractivity contribution in [3.63, 3.8) is 0 Å². The molecule has 0 aromatic carbocycles. The van der Waals surface area contributed by atoms with Crippen molar-refractivity contribution in [2.45, 2.75) is 302 Å². The molecule has 6 heterocycles. The monoisotopic (exact) mass is 1490 g/mol. The van der Waals surface area contributed by atoms with Crippen molar-refractivity contribution < 1.29 is 148 Å². The van der Waals surface area contributed by atoms with Crippen LogP contribution < -0.4 is 85.2 Å². The first-order chi connectivity index (χ1) is 47.9. The van der Waals surface area contributed by atoms with E-state index in [2.05, 4.69) is 10.6 Å². The van der Waals surface area contributed by atoms with E-state index in [4.69, 9.17) is 131 Å². The van der Waals surface area contributed by atoms with Gasteiger partial charge in [0, 0.05) is 49.8 Å². The third-order valence-corrected chi connectivity index (χ3v) is 20.1. The number of aliphatic hydroxyl groups excluding tert-OH is 16. The van der Waals surface area contributed by atoms with Gasteiger partial charge in [-0.15, -0.1) is 0 Å². The lowest BCUT2D eigenvalue weighted by Crippen LogP contribution is -2.69. The highest BCUT2D eigenvalue weighted by molar-refractivity contribution is 5.80. The predicted molar refractivity (Wildman–Crippen MR) is 342 cm³/mol. The molecule has 1 amide bonds. The molecule has 9 aliphatic rings. The molecule has 598 valence electrons. The highest BCUT2D eigenvalue weighted by Crippen LogP contribution is 2.36. The van der Waals surface area contributed by atoms with E-state index in [1.54, 1.807) is 14.0 Å². The Hall–Kier alpha value is -2.25. The Morgan fingerprint density at radius 3 is 1.27 bits per heavy atom. The third-order valence-electron chi connectivity index (χ3n) is 20.1. The van der Waals surface area contributed by atoms with Gasteiger partial charge in [-0.3, -0.25) is 10.5 Å². The molecule has 9 fully saturated rings. The van der Waals surface area contributed by atoms with Gasteiger partial charge in [-0.05, 0) is 46.1 Å². The SMILES string of the molecule is CN[C@@H]1C(O)[C@@H](OC2C(O)C(O[C@H]3O[C@H](CN)CCC3N)[C@@H](N)C[C@H]2N)OCC1(C)O.NC[C@H]1O[C@H](OC2C(O)C(O[C@@H]3OC(CO)C(O)[C@H](N)C3O)[C@H](N)C[C@@H]2N)C(N)C(O)C1O.NC[C@H]1O[C@H](OC2C(O)C(O[C@H]3OC(CO)C(O)[C@H](N)C3O)[C@H](NC(=O)[C@H](N)O)C[C@@H]2N)C(O)C(O)C1O. The fourth-order valence-electron chi connectivity index (χ4n) is 13.9. The van der Waals surface area contributed by atoms with Crippen LogP contribution in [-0.4, -0.2) is 402 Å². The van der Waals surface area contributed by atoms with Crippen molar-refractivity contribution in [1.82, 2.24) is 10.6 Å². The second-order valence-electron chi connectivity index (χ2n) is 27.7. The largest absolute Gasteiger partial charge is 0.394 e. The van der Waals surface area contributed by atoms with Crippen LogP contribution in [0.3, 0.4) is 0 Å². The van der Waals surface area contributed by atoms with Crippen molar-refractivity contribution in [1.29, 1.82) is 0 Å². The molecule has 3 aliphatic carbocycles. The molecule has 45 heteroatoms. The van der Waals surface area contributed by atoms with E-state index < -0.39 is 269 Å². The Labute approximate surface area is 586 Å². The number of hydrogen-bond donors (Lipinski definition) is 32. The van der Waals surface area contributed by atoms with Gasteiger partial charge in [0.05, 0.1) is 62.2 Å². The Balaban J connectivity index is 0.000000216. The lowest BCUT2D eigenvalue weighted by Gasteiger charge is -2.48. The summed E-state index contributed by atoms with van der Waals surface area (Å²) in [4.78, 5) is 12.1. The lowest BCUT2D eigenvalue weighted by atomic mass is 9.83. The summed E-state index contributed by atoms with van der Waals surface area (Å²) in [5.41, 5.74) is 75.3. The molecule has 45 N–H and O–H groups in total. The summed E-state index contributed by atoms with van der Waals surface area (Å²) in [6.45, 7) is 0.220. The van der Waals surface area contributed by atoms with E-state index in [-0.39, 0.29) is 44.7 Å². The van der Waals surface area contributed by atoms with Gasteiger partial charge in [-0.2, -0.15) is 0 Å². The average molecular weight is 1490 g/mol. The van der Waals surface area contributed by atoms with Gasteiger partial charge in [0.1, 0.15) is 146 Å². The molecule has 102 heavy (non-hydrogen) atoms. The quantitative estimate of drug-likeness (QED) is 0.0503. The lowest BCUT2D eigenvalue weighted by molar-refractivity contribution is -0.332. The summed E-state index contributed by atoms with van der Waals surface area (Å²) in [6, 6.07) is -9.69. The molecule has 0 aromatic heterocycles. The van der Waals surface area contributed by atoms with Crippen LogP contribution in [0.5, 0.6) is 0 Å². The molecule has 9 rings (SSSR count). The summed E-state index contributed by atoms with van der Waals surface area (Å²) < 4.78 is 68.1. The number of aliphatic hydroxyl groups is 17. The van der Waals surface area contributed by atoms with E-state index in [1.165, 1.54) is 0 Å². The fourth-order valence-corrected chi connectivity index (χ4v) is 13.9. The van der Waals surface area contributed by atoms with Gasteiger partial charge >= 0.3 is 0 Å². The molecule has 43 atom stereocenters. The normalized spacial score (nSPS) is 51.3. The average Bonchev–Trinajstić information content (AvgIpc) is 0.785. The number of rotatable bonds is 20. The minimum atomic E-state index is -1.93. The van der Waals surface area contributed by atoms with Gasteiger partial charge in [0.25, 0.3) is 5.91 Å². The van der Waals surface area contributed by atoms with E-state index in [1.807, 2.05) is 0 Å². The molecule has 45 nitrogen and oxygen atoms in total. The zero-order valence-corrected chi connectivity index (χ0v) is 56.4. The van der Waals surface area contributed by atoms with Crippen LogP contribution >= 0.6 is 0 Å². The maximum atomic E-state index is 12.1. The van der Waals surface area contributed by atoms with Crippen LogP contribution in [0.15, 0.2) is 0 Å². The summed E-state index contributed by atoms with van der Waals surface area (Å²) in [5.74, 6) is -1.04. The number of likely N-dealkylation sites (N-methyl/N-ethyl adjacent to an activating group) is 1. The van der Waals surface area contributed by atoms with Crippen LogP contribution in [0.25, 0.3) is 0 Å². The van der Waals surface area contributed by atoms with Crippen molar-refractivity contribution in [2.24, 2.45) is 74.5 Å². The molecule has 0 aromatic rings. The van der Waals surface area contributed by atoms with E-state index in [9.17, 15) is 91.6 Å². The zero-order chi connectivity index (χ0) is 76.0. The van der Waals surface area contributed by atoms with Crippen LogP contribution in [-0.2, 0) is 61.6 Å². The molecular formula is C57H115N15O30. The first-order valence-corrected chi connectivity index (χ1v) is 33.8. The summed E-state index contributed by atoms with van der Waals surface area (Å²) >= 11 is 0. The van der Waals surface area contributed by atoms with Crippen LogP contribution in [0, 0.1) is 0 Å². The fraction of sp³-hybridized carbons (Fsp3) is 0.982. The van der Waals surface area contributed by atoms with Gasteiger partial charge in [-0.25, -0.2) is 0 Å². The Morgan fingerprint density at radius 1 is 0.441 bits per heavy atom. The predicted octanol–water partition coefficient (Wildman–Crippen LogP) is -20.2. The first kappa shape index (κ1) is 87.0. The van der Waals surface area contributed by atoms with Crippen molar-refractivity contribution in [3.8, 4) is 0 Å². The van der Waals surface area contributed by atoms with E-state index in [0.29, 0.717) is 19.4 Å². The van der Waals surface area contributed by atoms with Gasteiger partial charge in [0.2, 0.25) is 0 Å². The molecule has 0 bridgehead atoms. The summed E-state index contributed by atoms with van der Waals surface area (Å²) in [5, 5.41) is 179. The molecule has 0 radical (unpaired) electrons. The Bertz CT molecular complexity index is 2470. The molecule has 0 spiro atoms. The van der Waals surface area contributed by atoms with Gasteiger partial charge in [-0.1, -0.05) is 0 Å². The molecule has 6 saturated heterocycles. The van der Waals surface area contributed by atoms with Gasteiger partial charge in [0.15, 0.2) is 44.0 Å². The van der Waals surface area contributed by atoms with Crippen LogP contribution in [0.1, 0.15) is 39.0 Å². The van der Waals surface area contributed by atoms with Crippen molar-refractivity contribution in [3.05, 3.63) is 0 Å². The van der Waals surface area contributed by atoms with E-state index >= 15 is 0 Å². The third kappa shape index (κ3) is 19.8. The molecule has 6 aliphatic heterocycles. The smallest absolute Gasteiger partial charge is 0.264 e. The minimum absolute atomic E-state index is 0.0665. The summed E-state index contributed by atoms with van der Waals surface area (Å²) in [6.07, 6.45) is -38.7. The number of nitrogens with one attached hydrogen (secondary N) is 2. The Kier molecular flexibility index (Phi) is 32.3. The Morgan fingerprint density at radius 2 is 0.833 bits per heavy atom. The standard InChI is InChI=1S/C20H39N5O13.C19H39N5O7.C18H37N5O10/c21-2-6-10(28)12(30)13(31)20(35-6)37-15-4(22)1-5(25-18(34)17(24)33)16(14(15)32)38-19-11(29)8(23)9(27)7(3-26)36-19;1-19(27)7-28-18(13(26)16(19)24-2)31-15-11(23)5-10(22)14(12(15)25)30-17-9(21)4-3-8(6-20)29-17;19-2-6-11(26)12(27)9(23)17(30-6)32-15-4(20)1-5(21)16(14(15)29)33-18-13(28)8(22)10(25)7(3-24)31-18/h4-17,19-20,26-33H,1-3,21-24H2,(H,25,34);8-18,24-27H,3-7,20-23H2,1-2H3;4-18,24-29H,1-3,19-23H2/t4-,5+,6+,7?,8-,9?,10?,11?,12?,13?,14?,15?,16?,17+,19+,20+;8-,9?,10-,11+,12?,13?,14?,15?,16+,17+,18+,19?;4-,5+,6+,7?,8-,9?,10?,11?,12?,13?,14?,15?,16?,17+,18-/m000/s1. The van der Waals surface area contributed by atoms with Crippen molar-refractivity contribution >= 4 is 5.91 Å². The molecular weight excluding hydrogens is 1370 g/mol. The minimum Gasteiger partial charge on any atom is -0.394 e. The topological polar surface area (TPSA) is 834 Å². The maximum Gasteiger partial charge on any atom is 0.264 e. The summed E-state index contributed by atoms with van der Waals surface area (Å²) in [7, 11) is 1.62. The van der Waals surface area contributed by atoms with Gasteiger partial charge < -0.3 is 223 Å². The number of amides is 1. The number of carbonyl (C=O) groups excluding carboxylic acids is 1. The highest BCUT2D eigenvalue weighted by Gasteiger charge is 2.56. The molecule has 3 saturated carbocycles. The maximum absolute atomic E-state index is 12.1. The number of carbonyl (C=O) groups is 1. The highest BCUT2D eigenvalue weighted by atomic mass is 16.7. The zero-order valence-electron chi connectivity index (χ0n) is 56.4. The van der Waals surface area contributed by atoms with Crippen molar-refractivity contribution in [2.75, 3.05) is 46.5 Å². The van der Waals surface area contributed by atoms with Crippen LogP contribution in [0.4, 0.5) is 0 Å². The number of hydrogen-bond acceptors (Lipinski definition) is 44. The second kappa shape index (κ2) is 37.9. The first-order valence-electron chi connectivity index (χ1n) is 33.8. The number of ether oxygens (including phenoxy) is 12. The number of nitrogens with two attached hydrogens (primary N) is 13. The molecule has 24 unspecified atom stereocenters. The van der Waals surface area contributed by atoms with E-state index in [0.717, 1.165) is 6.42 Å². The van der Waals surface area contributed by atoms with Crippen LogP contribution in [0.2, 0.25) is 0 Å².